The molecule has 0 saturated heterocycles. The number of esters is 3. The zero-order chi connectivity index (χ0) is 24.6. The second-order valence-corrected chi connectivity index (χ2v) is 9.86. The molecule has 0 fully saturated rings. The minimum absolute atomic E-state index is 0.0991. The SMILES string of the molecule is CC(C)C(=O)OC(C)(C)CC(C)(C)COC(=O)c1ccccc1C(=O)OCc1ccccc1. The lowest BCUT2D eigenvalue weighted by Crippen LogP contribution is -2.37. The van der Waals surface area contributed by atoms with Crippen molar-refractivity contribution >= 4 is 17.9 Å². The first-order valence-corrected chi connectivity index (χ1v) is 11.1. The van der Waals surface area contributed by atoms with E-state index in [0.29, 0.717) is 6.42 Å². The molecule has 6 nitrogen and oxygen atoms in total. The van der Waals surface area contributed by atoms with Crippen LogP contribution in [0.3, 0.4) is 0 Å². The van der Waals surface area contributed by atoms with Crippen LogP contribution in [-0.4, -0.2) is 30.1 Å². The Bertz CT molecular complexity index is 960. The smallest absolute Gasteiger partial charge is 0.339 e. The lowest BCUT2D eigenvalue weighted by Gasteiger charge is -2.34. The number of hydrogen-bond acceptors (Lipinski definition) is 6. The Morgan fingerprint density at radius 1 is 0.788 bits per heavy atom. The molecule has 0 spiro atoms. The average Bonchev–Trinajstić information content (AvgIpc) is 2.75. The van der Waals surface area contributed by atoms with Crippen LogP contribution < -0.4 is 0 Å². The highest BCUT2D eigenvalue weighted by molar-refractivity contribution is 6.03. The molecule has 6 heteroatoms. The molecule has 0 aliphatic carbocycles. The van der Waals surface area contributed by atoms with Crippen molar-refractivity contribution in [3.8, 4) is 0 Å². The second kappa shape index (κ2) is 11.1. The molecule has 33 heavy (non-hydrogen) atoms. The molecule has 0 unspecified atom stereocenters. The molecule has 0 N–H and O–H groups in total. The first-order chi connectivity index (χ1) is 15.4. The molecule has 2 aromatic carbocycles. The highest BCUT2D eigenvalue weighted by Crippen LogP contribution is 2.31. The summed E-state index contributed by atoms with van der Waals surface area (Å²) in [5.41, 5.74) is -0.0111. The highest BCUT2D eigenvalue weighted by Gasteiger charge is 2.34. The maximum absolute atomic E-state index is 12.8. The molecular formula is C27H34O6. The van der Waals surface area contributed by atoms with Crippen LogP contribution in [-0.2, 0) is 25.6 Å². The lowest BCUT2D eigenvalue weighted by molar-refractivity contribution is -0.163. The van der Waals surface area contributed by atoms with Gasteiger partial charge in [0.05, 0.1) is 23.7 Å². The van der Waals surface area contributed by atoms with E-state index in [1.807, 2.05) is 58.0 Å². The van der Waals surface area contributed by atoms with Crippen LogP contribution in [0.1, 0.15) is 74.2 Å². The zero-order valence-electron chi connectivity index (χ0n) is 20.3. The van der Waals surface area contributed by atoms with Crippen LogP contribution in [0.4, 0.5) is 0 Å². The van der Waals surface area contributed by atoms with Crippen molar-refractivity contribution in [1.29, 1.82) is 0 Å². The van der Waals surface area contributed by atoms with E-state index >= 15 is 0 Å². The van der Waals surface area contributed by atoms with Crippen LogP contribution in [0.15, 0.2) is 54.6 Å². The standard InChI is InChI=1S/C27H34O6/c1-19(2)23(28)33-27(5,6)17-26(3,4)18-32-25(30)22-15-11-10-14-21(22)24(29)31-16-20-12-8-7-9-13-20/h7-15,19H,16-18H2,1-6H3. The van der Waals surface area contributed by atoms with Gasteiger partial charge in [-0.1, -0.05) is 70.2 Å². The number of hydrogen-bond donors (Lipinski definition) is 0. The van der Waals surface area contributed by atoms with Crippen LogP contribution in [0, 0.1) is 11.3 Å². The van der Waals surface area contributed by atoms with Gasteiger partial charge in [-0.05, 0) is 38.0 Å². The Balaban J connectivity index is 2.00. The summed E-state index contributed by atoms with van der Waals surface area (Å²) in [7, 11) is 0. The van der Waals surface area contributed by atoms with E-state index in [-0.39, 0.29) is 36.2 Å². The minimum atomic E-state index is -0.712. The van der Waals surface area contributed by atoms with Crippen LogP contribution in [0.25, 0.3) is 0 Å². The van der Waals surface area contributed by atoms with Gasteiger partial charge in [-0.2, -0.15) is 0 Å². The van der Waals surface area contributed by atoms with E-state index in [1.165, 1.54) is 0 Å². The van der Waals surface area contributed by atoms with Crippen LogP contribution >= 0.6 is 0 Å². The van der Waals surface area contributed by atoms with E-state index in [4.69, 9.17) is 14.2 Å². The van der Waals surface area contributed by atoms with Gasteiger partial charge in [0.15, 0.2) is 0 Å². The Hall–Kier alpha value is -3.15. The predicted octanol–water partition coefficient (Wildman–Crippen LogP) is 5.59. The number of benzene rings is 2. The third-order valence-corrected chi connectivity index (χ3v) is 4.93. The fourth-order valence-corrected chi connectivity index (χ4v) is 3.61. The number of rotatable bonds is 10. The van der Waals surface area contributed by atoms with Gasteiger partial charge in [0.25, 0.3) is 0 Å². The Kier molecular flexibility index (Phi) is 8.80. The van der Waals surface area contributed by atoms with Gasteiger partial charge in [-0.3, -0.25) is 4.79 Å². The summed E-state index contributed by atoms with van der Waals surface area (Å²) in [6, 6.07) is 15.8. The maximum atomic E-state index is 12.8. The zero-order valence-corrected chi connectivity index (χ0v) is 20.3. The largest absolute Gasteiger partial charge is 0.462 e. The first-order valence-electron chi connectivity index (χ1n) is 11.1. The number of carbonyl (C=O) groups is 3. The summed E-state index contributed by atoms with van der Waals surface area (Å²) in [6.07, 6.45) is 0.493. The molecule has 0 atom stereocenters. The maximum Gasteiger partial charge on any atom is 0.339 e. The minimum Gasteiger partial charge on any atom is -0.462 e. The summed E-state index contributed by atoms with van der Waals surface area (Å²) in [6.45, 7) is 11.3. The van der Waals surface area contributed by atoms with Crippen LogP contribution in [0.2, 0.25) is 0 Å². The number of carbonyl (C=O) groups excluding carboxylic acids is 3. The van der Waals surface area contributed by atoms with Crippen molar-refractivity contribution in [3.05, 3.63) is 71.3 Å². The van der Waals surface area contributed by atoms with E-state index in [1.54, 1.807) is 38.1 Å². The third-order valence-electron chi connectivity index (χ3n) is 4.93. The van der Waals surface area contributed by atoms with Crippen molar-refractivity contribution in [2.45, 2.75) is 60.2 Å². The van der Waals surface area contributed by atoms with Gasteiger partial charge in [0.2, 0.25) is 0 Å². The molecular weight excluding hydrogens is 420 g/mol. The van der Waals surface area contributed by atoms with E-state index in [2.05, 4.69) is 0 Å². The van der Waals surface area contributed by atoms with Gasteiger partial charge in [0.1, 0.15) is 12.2 Å². The molecule has 0 aromatic heterocycles. The molecule has 0 heterocycles. The average molecular weight is 455 g/mol. The Morgan fingerprint density at radius 2 is 1.30 bits per heavy atom. The Morgan fingerprint density at radius 3 is 1.85 bits per heavy atom. The van der Waals surface area contributed by atoms with Gasteiger partial charge in [-0.15, -0.1) is 0 Å². The second-order valence-electron chi connectivity index (χ2n) is 9.86. The summed E-state index contributed by atoms with van der Waals surface area (Å²) < 4.78 is 16.5. The van der Waals surface area contributed by atoms with Crippen molar-refractivity contribution in [1.82, 2.24) is 0 Å². The first kappa shape index (κ1) is 26.1. The molecule has 2 aromatic rings. The third kappa shape index (κ3) is 8.37. The molecule has 0 aliphatic rings. The number of ether oxygens (including phenoxy) is 3. The molecule has 0 amide bonds. The predicted molar refractivity (Wildman–Crippen MR) is 126 cm³/mol. The highest BCUT2D eigenvalue weighted by atomic mass is 16.6. The van der Waals surface area contributed by atoms with E-state index in [9.17, 15) is 14.4 Å². The van der Waals surface area contributed by atoms with E-state index in [0.717, 1.165) is 5.56 Å². The quantitative estimate of drug-likeness (QED) is 0.344. The summed E-state index contributed by atoms with van der Waals surface area (Å²) >= 11 is 0. The fourth-order valence-electron chi connectivity index (χ4n) is 3.61. The normalized spacial score (nSPS) is 11.7. The summed E-state index contributed by atoms with van der Waals surface area (Å²) in [5, 5.41) is 0. The summed E-state index contributed by atoms with van der Waals surface area (Å²) in [4.78, 5) is 37.4. The van der Waals surface area contributed by atoms with Crippen molar-refractivity contribution in [2.75, 3.05) is 6.61 Å². The molecule has 0 aliphatic heterocycles. The monoisotopic (exact) mass is 454 g/mol. The van der Waals surface area contributed by atoms with Gasteiger partial charge >= 0.3 is 17.9 Å². The van der Waals surface area contributed by atoms with Crippen molar-refractivity contribution < 1.29 is 28.6 Å². The topological polar surface area (TPSA) is 78.9 Å². The van der Waals surface area contributed by atoms with E-state index < -0.39 is 23.0 Å². The molecule has 0 radical (unpaired) electrons. The van der Waals surface area contributed by atoms with Gasteiger partial charge < -0.3 is 14.2 Å². The molecule has 2 rings (SSSR count). The Labute approximate surface area is 196 Å². The molecule has 0 bridgehead atoms. The van der Waals surface area contributed by atoms with Crippen molar-refractivity contribution in [2.24, 2.45) is 11.3 Å². The lowest BCUT2D eigenvalue weighted by atomic mass is 9.82. The fraction of sp³-hybridized carbons (Fsp3) is 0.444. The summed E-state index contributed by atoms with van der Waals surface area (Å²) in [5.74, 6) is -1.68. The van der Waals surface area contributed by atoms with Gasteiger partial charge in [0, 0.05) is 5.41 Å². The molecule has 0 saturated carbocycles. The van der Waals surface area contributed by atoms with Crippen LogP contribution in [0.5, 0.6) is 0 Å². The molecule has 178 valence electrons. The van der Waals surface area contributed by atoms with Crippen molar-refractivity contribution in [3.63, 3.8) is 0 Å². The van der Waals surface area contributed by atoms with Gasteiger partial charge in [-0.25, -0.2) is 9.59 Å².